The highest BCUT2D eigenvalue weighted by Crippen LogP contribution is 2.36. The van der Waals surface area contributed by atoms with E-state index < -0.39 is 0 Å². The summed E-state index contributed by atoms with van der Waals surface area (Å²) in [5.74, 6) is -0.314. The normalized spacial score (nSPS) is 11.6. The molecule has 2 rings (SSSR count). The third-order valence-electron chi connectivity index (χ3n) is 3.04. The molecule has 2 N–H and O–H groups in total. The highest BCUT2D eigenvalue weighted by molar-refractivity contribution is 7.19. The maximum absolute atomic E-state index is 11.1. The van der Waals surface area contributed by atoms with E-state index in [9.17, 15) is 4.79 Å². The summed E-state index contributed by atoms with van der Waals surface area (Å²) in [5, 5.41) is 1.86. The highest BCUT2D eigenvalue weighted by atomic mass is 35.5. The van der Waals surface area contributed by atoms with Gasteiger partial charge in [-0.1, -0.05) is 29.8 Å². The van der Waals surface area contributed by atoms with Crippen LogP contribution in [0.15, 0.2) is 24.3 Å². The number of thiophene rings is 1. The summed E-state index contributed by atoms with van der Waals surface area (Å²) in [4.78, 5) is 14.2. The van der Waals surface area contributed by atoms with Crippen LogP contribution < -0.4 is 5.73 Å². The summed E-state index contributed by atoms with van der Waals surface area (Å²) in [7, 11) is 0. The van der Waals surface area contributed by atoms with Crippen molar-refractivity contribution in [3.63, 3.8) is 0 Å². The van der Waals surface area contributed by atoms with Crippen LogP contribution in [-0.4, -0.2) is 23.4 Å². The van der Waals surface area contributed by atoms with E-state index in [0.717, 1.165) is 15.3 Å². The van der Waals surface area contributed by atoms with Crippen molar-refractivity contribution in [1.82, 2.24) is 4.90 Å². The van der Waals surface area contributed by atoms with E-state index >= 15 is 0 Å². The van der Waals surface area contributed by atoms with E-state index in [1.165, 1.54) is 4.70 Å². The number of rotatable bonds is 5. The van der Waals surface area contributed by atoms with Gasteiger partial charge in [0.25, 0.3) is 0 Å². The molecule has 0 aliphatic heterocycles. The predicted molar refractivity (Wildman–Crippen MR) is 81.6 cm³/mol. The summed E-state index contributed by atoms with van der Waals surface area (Å²) in [6.07, 6.45) is 0. The molecule has 0 radical (unpaired) electrons. The Labute approximate surface area is 122 Å². The second kappa shape index (κ2) is 5.90. The molecule has 102 valence electrons. The molecule has 0 unspecified atom stereocenters. The number of nitrogens with zero attached hydrogens (tertiary/aromatic N) is 1. The molecule has 19 heavy (non-hydrogen) atoms. The molecule has 2 aromatic rings. The summed E-state index contributed by atoms with van der Waals surface area (Å²) in [5.41, 5.74) is 5.29. The lowest BCUT2D eigenvalue weighted by Gasteiger charge is -2.24. The zero-order valence-electron chi connectivity index (χ0n) is 11.0. The van der Waals surface area contributed by atoms with Crippen LogP contribution >= 0.6 is 22.9 Å². The van der Waals surface area contributed by atoms with Crippen molar-refractivity contribution in [1.29, 1.82) is 0 Å². The Kier molecular flexibility index (Phi) is 4.45. The first-order chi connectivity index (χ1) is 8.99. The van der Waals surface area contributed by atoms with Crippen LogP contribution in [-0.2, 0) is 11.3 Å². The van der Waals surface area contributed by atoms with Gasteiger partial charge < -0.3 is 5.73 Å². The molecule has 1 aromatic heterocycles. The first-order valence-electron chi connectivity index (χ1n) is 6.17. The zero-order valence-corrected chi connectivity index (χ0v) is 12.6. The Morgan fingerprint density at radius 2 is 2.11 bits per heavy atom. The molecule has 0 aliphatic rings. The number of fused-ring (bicyclic) bond motifs is 1. The number of amides is 1. The lowest BCUT2D eigenvalue weighted by molar-refractivity contribution is -0.119. The first kappa shape index (κ1) is 14.3. The van der Waals surface area contributed by atoms with Gasteiger partial charge in [0, 0.05) is 27.5 Å². The van der Waals surface area contributed by atoms with E-state index in [2.05, 4.69) is 6.07 Å². The van der Waals surface area contributed by atoms with E-state index in [4.69, 9.17) is 17.3 Å². The smallest absolute Gasteiger partial charge is 0.231 e. The van der Waals surface area contributed by atoms with Crippen molar-refractivity contribution >= 4 is 38.9 Å². The SMILES string of the molecule is CC(C)N(CC(N)=O)Cc1sc2ccccc2c1Cl. The van der Waals surface area contributed by atoms with Crippen LogP contribution in [0.25, 0.3) is 10.1 Å². The van der Waals surface area contributed by atoms with E-state index in [1.54, 1.807) is 11.3 Å². The molecule has 0 spiro atoms. The predicted octanol–water partition coefficient (Wildman–Crippen LogP) is 3.25. The van der Waals surface area contributed by atoms with Gasteiger partial charge in [0.2, 0.25) is 5.91 Å². The van der Waals surface area contributed by atoms with Crippen LogP contribution in [0.3, 0.4) is 0 Å². The lowest BCUT2D eigenvalue weighted by atomic mass is 10.2. The maximum Gasteiger partial charge on any atom is 0.231 e. The summed E-state index contributed by atoms with van der Waals surface area (Å²) >= 11 is 8.08. The van der Waals surface area contributed by atoms with Gasteiger partial charge in [-0.05, 0) is 19.9 Å². The Morgan fingerprint density at radius 3 is 2.68 bits per heavy atom. The van der Waals surface area contributed by atoms with Gasteiger partial charge >= 0.3 is 0 Å². The van der Waals surface area contributed by atoms with E-state index in [1.807, 2.05) is 36.9 Å². The van der Waals surface area contributed by atoms with E-state index in [-0.39, 0.29) is 18.5 Å². The first-order valence-corrected chi connectivity index (χ1v) is 7.36. The molecule has 1 aromatic carbocycles. The van der Waals surface area contributed by atoms with Crippen LogP contribution in [0.2, 0.25) is 5.02 Å². The lowest BCUT2D eigenvalue weighted by Crippen LogP contribution is -2.37. The van der Waals surface area contributed by atoms with Crippen molar-refractivity contribution in [2.45, 2.75) is 26.4 Å². The minimum atomic E-state index is -0.314. The average Bonchev–Trinajstić information content (AvgIpc) is 2.65. The maximum atomic E-state index is 11.1. The van der Waals surface area contributed by atoms with Crippen LogP contribution in [0.5, 0.6) is 0 Å². The van der Waals surface area contributed by atoms with Gasteiger partial charge in [-0.3, -0.25) is 9.69 Å². The minimum Gasteiger partial charge on any atom is -0.369 e. The standard InChI is InChI=1S/C14H17ClN2OS/c1-9(2)17(8-13(16)18)7-12-14(15)10-5-3-4-6-11(10)19-12/h3-6,9H,7-8H2,1-2H3,(H2,16,18). The molecule has 1 amide bonds. The summed E-state index contributed by atoms with van der Waals surface area (Å²) in [6, 6.07) is 8.31. The monoisotopic (exact) mass is 296 g/mol. The van der Waals surface area contributed by atoms with Crippen molar-refractivity contribution in [3.05, 3.63) is 34.2 Å². The van der Waals surface area contributed by atoms with Crippen LogP contribution in [0.1, 0.15) is 18.7 Å². The van der Waals surface area contributed by atoms with Gasteiger partial charge in [-0.15, -0.1) is 11.3 Å². The molecule has 0 atom stereocenters. The average molecular weight is 297 g/mol. The number of primary amides is 1. The number of hydrogen-bond donors (Lipinski definition) is 1. The molecule has 0 bridgehead atoms. The van der Waals surface area contributed by atoms with Crippen molar-refractivity contribution < 1.29 is 4.79 Å². The van der Waals surface area contributed by atoms with Gasteiger partial charge in [0.1, 0.15) is 0 Å². The van der Waals surface area contributed by atoms with Crippen molar-refractivity contribution in [3.8, 4) is 0 Å². The number of carbonyl (C=O) groups is 1. The van der Waals surface area contributed by atoms with Gasteiger partial charge in [0.05, 0.1) is 11.6 Å². The highest BCUT2D eigenvalue weighted by Gasteiger charge is 2.17. The van der Waals surface area contributed by atoms with Gasteiger partial charge in [0.15, 0.2) is 0 Å². The number of benzene rings is 1. The largest absolute Gasteiger partial charge is 0.369 e. The second-order valence-electron chi connectivity index (χ2n) is 4.80. The molecule has 0 fully saturated rings. The van der Waals surface area contributed by atoms with Crippen LogP contribution in [0, 0.1) is 0 Å². The fraction of sp³-hybridized carbons (Fsp3) is 0.357. The third-order valence-corrected chi connectivity index (χ3v) is 4.74. The third kappa shape index (κ3) is 3.26. The Bertz CT molecular complexity index is 594. The molecular formula is C14H17ClN2OS. The Morgan fingerprint density at radius 1 is 1.42 bits per heavy atom. The molecule has 0 saturated carbocycles. The van der Waals surface area contributed by atoms with Gasteiger partial charge in [-0.2, -0.15) is 0 Å². The zero-order chi connectivity index (χ0) is 14.0. The molecular weight excluding hydrogens is 280 g/mol. The van der Waals surface area contributed by atoms with Crippen LogP contribution in [0.4, 0.5) is 0 Å². The van der Waals surface area contributed by atoms with Crippen molar-refractivity contribution in [2.75, 3.05) is 6.54 Å². The minimum absolute atomic E-state index is 0.244. The summed E-state index contributed by atoms with van der Waals surface area (Å²) < 4.78 is 1.17. The fourth-order valence-electron chi connectivity index (χ4n) is 1.97. The molecule has 0 saturated heterocycles. The second-order valence-corrected chi connectivity index (χ2v) is 6.32. The fourth-order valence-corrected chi connectivity index (χ4v) is 3.49. The molecule has 3 nitrogen and oxygen atoms in total. The molecule has 1 heterocycles. The number of carbonyl (C=O) groups excluding carboxylic acids is 1. The topological polar surface area (TPSA) is 46.3 Å². The number of hydrogen-bond acceptors (Lipinski definition) is 3. The quantitative estimate of drug-likeness (QED) is 0.920. The number of halogens is 1. The Balaban J connectivity index is 2.28. The van der Waals surface area contributed by atoms with Gasteiger partial charge in [-0.25, -0.2) is 0 Å². The van der Waals surface area contributed by atoms with Crippen molar-refractivity contribution in [2.24, 2.45) is 5.73 Å². The van der Waals surface area contributed by atoms with E-state index in [0.29, 0.717) is 6.54 Å². The molecule has 5 heteroatoms. The Hall–Kier alpha value is -1.10. The molecule has 0 aliphatic carbocycles. The number of nitrogens with two attached hydrogens (primary N) is 1. The summed E-state index contributed by atoms with van der Waals surface area (Å²) in [6.45, 7) is 5.00.